The van der Waals surface area contributed by atoms with Crippen molar-refractivity contribution in [1.29, 1.82) is 10.5 Å². The summed E-state index contributed by atoms with van der Waals surface area (Å²) in [7, 11) is 7.06. The van der Waals surface area contributed by atoms with E-state index >= 15 is 0 Å². The molecule has 0 aliphatic carbocycles. The molecule has 0 spiro atoms. The molecule has 0 aliphatic heterocycles. The fourth-order valence-electron chi connectivity index (χ4n) is 5.70. The van der Waals surface area contributed by atoms with Crippen molar-refractivity contribution < 1.29 is 28.2 Å². The lowest BCUT2D eigenvalue weighted by atomic mass is 9.97. The second kappa shape index (κ2) is 23.3. The Hall–Kier alpha value is -4.94. The first kappa shape index (κ1) is 44.8. The number of thioether (sulfide) groups is 1. The summed E-state index contributed by atoms with van der Waals surface area (Å²) in [6.07, 6.45) is 3.22. The maximum atomic E-state index is 13.2. The molecule has 6 N–H and O–H groups in total. The van der Waals surface area contributed by atoms with Crippen LogP contribution in [-0.4, -0.2) is 98.3 Å². The van der Waals surface area contributed by atoms with Crippen LogP contribution >= 0.6 is 23.4 Å². The van der Waals surface area contributed by atoms with Crippen LogP contribution in [0.4, 0.5) is 5.82 Å². The van der Waals surface area contributed by atoms with Gasteiger partial charge in [-0.1, -0.05) is 35.5 Å². The molecule has 0 radical (unpaired) electrons. The first-order chi connectivity index (χ1) is 27.6. The number of aromatic nitrogens is 2. The number of nitrogen functional groups attached to an aromatic ring is 1. The van der Waals surface area contributed by atoms with Gasteiger partial charge in [0.25, 0.3) is 0 Å². The number of hydrogen-bond donors (Lipinski definition) is 5. The Morgan fingerprint density at radius 3 is 2.07 bits per heavy atom. The third-order valence-electron chi connectivity index (χ3n) is 8.79. The van der Waals surface area contributed by atoms with Crippen molar-refractivity contribution in [1.82, 2.24) is 30.9 Å². The molecule has 21 heteroatoms. The standard InChI is InChI=1S/C36H44B4ClN9O6S/c37-45-13-1-3-29(49-39)35(51)55-19-26(56-36(52)30(50-40)4-2-14-46-38)18-53-25-11-7-21(8-12-25)31-27(15-42)32(44)48-34(28(31)16-43)57-20-24-17-54-33(47-24)22-5-9-23(41)10-6-22/h5-12,17,26,29-30,45-46,49-50H,1-4,13-14,18-20,37-40H2,(H2,44,48)/t26-,29-,30-/m0/s1. The van der Waals surface area contributed by atoms with E-state index in [0.717, 1.165) is 31.5 Å². The monoisotopic (exact) mass is 809 g/mol. The third kappa shape index (κ3) is 13.0. The molecule has 0 saturated heterocycles. The van der Waals surface area contributed by atoms with E-state index in [9.17, 15) is 20.1 Å². The van der Waals surface area contributed by atoms with Crippen LogP contribution in [0, 0.1) is 22.7 Å². The molecule has 2 aromatic heterocycles. The molecule has 2 aromatic carbocycles. The van der Waals surface area contributed by atoms with E-state index in [-0.39, 0.29) is 30.2 Å². The highest BCUT2D eigenvalue weighted by Gasteiger charge is 2.26. The van der Waals surface area contributed by atoms with Crippen molar-refractivity contribution in [2.75, 3.05) is 32.0 Å². The molecule has 57 heavy (non-hydrogen) atoms. The molecule has 294 valence electrons. The topological polar surface area (TPSA) is 222 Å². The third-order valence-corrected chi connectivity index (χ3v) is 10.1. The number of benzene rings is 2. The average molecular weight is 810 g/mol. The second-order valence-corrected chi connectivity index (χ2v) is 14.2. The molecule has 2 heterocycles. The van der Waals surface area contributed by atoms with E-state index in [1.807, 2.05) is 16.0 Å². The summed E-state index contributed by atoms with van der Waals surface area (Å²) in [5.74, 6) is 0.164. The maximum absolute atomic E-state index is 13.2. The molecule has 15 nitrogen and oxygen atoms in total. The Kier molecular flexibility index (Phi) is 18.3. The first-order valence-corrected chi connectivity index (χ1v) is 19.7. The van der Waals surface area contributed by atoms with Crippen LogP contribution in [0.25, 0.3) is 22.6 Å². The summed E-state index contributed by atoms with van der Waals surface area (Å²) in [5, 5.41) is 33.4. The number of nitrogens with two attached hydrogens (primary N) is 1. The first-order valence-electron chi connectivity index (χ1n) is 18.4. The van der Waals surface area contributed by atoms with Crippen LogP contribution in [0.2, 0.25) is 5.02 Å². The lowest BCUT2D eigenvalue weighted by Crippen LogP contribution is -2.43. The number of anilines is 1. The predicted molar refractivity (Wildman–Crippen MR) is 229 cm³/mol. The van der Waals surface area contributed by atoms with Gasteiger partial charge in [0.1, 0.15) is 53.8 Å². The number of halogens is 1. The van der Waals surface area contributed by atoms with Gasteiger partial charge in [-0.15, -0.1) is 0 Å². The number of hydrogen-bond acceptors (Lipinski definition) is 16. The van der Waals surface area contributed by atoms with Gasteiger partial charge in [-0.2, -0.15) is 10.5 Å². The van der Waals surface area contributed by atoms with Crippen LogP contribution < -0.4 is 31.4 Å². The summed E-state index contributed by atoms with van der Waals surface area (Å²) < 4.78 is 23.1. The molecule has 0 unspecified atom stereocenters. The van der Waals surface area contributed by atoms with Gasteiger partial charge in [-0.25, -0.2) is 9.97 Å². The maximum Gasteiger partial charge on any atom is 0.322 e. The molecular formula is C36H44B4ClN9O6S. The molecule has 0 aliphatic rings. The van der Waals surface area contributed by atoms with Crippen LogP contribution in [-0.2, 0) is 24.8 Å². The minimum atomic E-state index is -0.918. The normalized spacial score (nSPS) is 12.5. The van der Waals surface area contributed by atoms with Crippen molar-refractivity contribution in [3.8, 4) is 40.5 Å². The van der Waals surface area contributed by atoms with Gasteiger partial charge in [0.15, 0.2) is 38.0 Å². The SMILES string of the molecule is BNCCC[C@H](NB)C(=O)OC[C@H](COc1ccc(-c2c(C#N)c(N)nc(SCc3coc(-c4ccc(Cl)cc4)n3)c2C#N)cc1)OC(=O)[C@H](CCCNB)NB. The van der Waals surface area contributed by atoms with Crippen LogP contribution in [0.3, 0.4) is 0 Å². The van der Waals surface area contributed by atoms with Crippen molar-refractivity contribution in [3.05, 3.63) is 76.6 Å². The highest BCUT2D eigenvalue weighted by atomic mass is 35.5. The number of pyridine rings is 1. The number of nitrogens with one attached hydrogen (secondary N) is 4. The van der Waals surface area contributed by atoms with Crippen LogP contribution in [0.15, 0.2) is 64.2 Å². The zero-order chi connectivity index (χ0) is 41.2. The van der Waals surface area contributed by atoms with E-state index in [1.54, 1.807) is 64.5 Å². The lowest BCUT2D eigenvalue weighted by molar-refractivity contribution is -0.163. The van der Waals surface area contributed by atoms with Gasteiger partial charge >= 0.3 is 11.9 Å². The highest BCUT2D eigenvalue weighted by molar-refractivity contribution is 7.98. The number of nitriles is 2. The van der Waals surface area contributed by atoms with Crippen molar-refractivity contribution >= 4 is 73.0 Å². The molecule has 0 fully saturated rings. The second-order valence-electron chi connectivity index (χ2n) is 12.8. The number of nitrogens with zero attached hydrogens (tertiary/aromatic N) is 4. The fraction of sp³-hybridized carbons (Fsp3) is 0.333. The minimum absolute atomic E-state index is 0.0242. The number of ether oxygens (including phenoxy) is 3. The van der Waals surface area contributed by atoms with Gasteiger partial charge in [-0.3, -0.25) is 9.59 Å². The van der Waals surface area contributed by atoms with Crippen molar-refractivity contribution in [2.45, 2.75) is 54.6 Å². The summed E-state index contributed by atoms with van der Waals surface area (Å²) in [6.45, 7) is 1.15. The van der Waals surface area contributed by atoms with Gasteiger partial charge in [0, 0.05) is 21.9 Å². The van der Waals surface area contributed by atoms with Gasteiger partial charge in [0.05, 0.1) is 23.3 Å². The average Bonchev–Trinajstić information content (AvgIpc) is 3.70. The number of rotatable bonds is 23. The largest absolute Gasteiger partial charge is 0.490 e. The molecule has 0 amide bonds. The van der Waals surface area contributed by atoms with E-state index < -0.39 is 30.1 Å². The van der Waals surface area contributed by atoms with Crippen LogP contribution in [0.1, 0.15) is 42.5 Å². The highest BCUT2D eigenvalue weighted by Crippen LogP contribution is 2.37. The summed E-state index contributed by atoms with van der Waals surface area (Å²) in [6, 6.07) is 17.0. The van der Waals surface area contributed by atoms with E-state index in [0.29, 0.717) is 57.1 Å². The van der Waals surface area contributed by atoms with E-state index in [4.69, 9.17) is 36.0 Å². The summed E-state index contributed by atoms with van der Waals surface area (Å²) in [4.78, 5) is 35.0. The minimum Gasteiger partial charge on any atom is -0.490 e. The Labute approximate surface area is 345 Å². The Bertz CT molecular complexity index is 2020. The Morgan fingerprint density at radius 2 is 1.47 bits per heavy atom. The van der Waals surface area contributed by atoms with Gasteiger partial charge in [-0.05, 0) is 80.7 Å². The molecule has 0 saturated carbocycles. The molecular weight excluding hydrogens is 765 g/mol. The molecule has 0 bridgehead atoms. The van der Waals surface area contributed by atoms with E-state index in [2.05, 4.69) is 43.0 Å². The van der Waals surface area contributed by atoms with Crippen molar-refractivity contribution in [2.24, 2.45) is 0 Å². The Balaban J connectivity index is 1.50. The summed E-state index contributed by atoms with van der Waals surface area (Å²) >= 11 is 7.24. The van der Waals surface area contributed by atoms with Crippen LogP contribution in [0.5, 0.6) is 5.75 Å². The van der Waals surface area contributed by atoms with Gasteiger partial charge < -0.3 is 45.3 Å². The number of carbonyl (C=O) groups excluding carboxylic acids is 2. The van der Waals surface area contributed by atoms with E-state index in [1.165, 1.54) is 18.0 Å². The number of carbonyl (C=O) groups is 2. The lowest BCUT2D eigenvalue weighted by Gasteiger charge is -2.23. The Morgan fingerprint density at radius 1 is 0.860 bits per heavy atom. The molecule has 3 atom stereocenters. The zero-order valence-corrected chi connectivity index (χ0v) is 34.0. The number of oxazole rings is 1. The quantitative estimate of drug-likeness (QED) is 0.0295. The zero-order valence-electron chi connectivity index (χ0n) is 32.4. The number of esters is 2. The molecule has 4 aromatic rings. The summed E-state index contributed by atoms with van der Waals surface area (Å²) in [5.41, 5.74) is 8.73. The fourth-order valence-corrected chi connectivity index (χ4v) is 6.70. The van der Waals surface area contributed by atoms with Crippen molar-refractivity contribution in [3.63, 3.8) is 0 Å². The predicted octanol–water partition coefficient (Wildman–Crippen LogP) is 0.357. The smallest absolute Gasteiger partial charge is 0.322 e. The molecule has 4 rings (SSSR count). The van der Waals surface area contributed by atoms with Gasteiger partial charge in [0.2, 0.25) is 5.89 Å².